The second-order valence-electron chi connectivity index (χ2n) is 10.3. The average Bonchev–Trinajstić information content (AvgIpc) is 3.87. The number of hydrogen-bond donors (Lipinski definition) is 5. The molecular formula is C29H35N5O5. The van der Waals surface area contributed by atoms with Gasteiger partial charge in [0.05, 0.1) is 17.8 Å². The van der Waals surface area contributed by atoms with Crippen molar-refractivity contribution in [1.29, 1.82) is 0 Å². The topological polar surface area (TPSA) is 138 Å². The van der Waals surface area contributed by atoms with E-state index in [0.717, 1.165) is 36.8 Å². The zero-order valence-electron chi connectivity index (χ0n) is 22.0. The molecule has 5 rings (SSSR count). The number of hydrogen-bond acceptors (Lipinski definition) is 8. The number of para-hydroxylation sites is 1. The van der Waals surface area contributed by atoms with E-state index in [0.29, 0.717) is 30.1 Å². The van der Waals surface area contributed by atoms with Crippen LogP contribution in [0, 0.1) is 6.92 Å². The number of carbonyl (C=O) groups is 1. The lowest BCUT2D eigenvalue weighted by Gasteiger charge is -2.23. The molecule has 2 aliphatic carbocycles. The Bertz CT molecular complexity index is 1380. The zero-order chi connectivity index (χ0) is 27.4. The highest BCUT2D eigenvalue weighted by Crippen LogP contribution is 2.50. The molecule has 1 aromatic heterocycles. The second kappa shape index (κ2) is 11.6. The van der Waals surface area contributed by atoms with Crippen molar-refractivity contribution in [2.45, 2.75) is 50.3 Å². The fourth-order valence-corrected chi connectivity index (χ4v) is 4.59. The largest absolute Gasteiger partial charge is 0.490 e. The van der Waals surface area contributed by atoms with Gasteiger partial charge in [0.2, 0.25) is 0 Å². The number of aromatic nitrogens is 2. The SMILES string of the molecule is Cc1ccc(C(=O)NC2CC2)cc1-n1ccnc(NC2(c3ccccc3OC[C@@H](O)CNCCO)CC2)c1=O. The Morgan fingerprint density at radius 3 is 2.77 bits per heavy atom. The van der Waals surface area contributed by atoms with Crippen LogP contribution in [0.25, 0.3) is 5.69 Å². The molecule has 0 unspecified atom stereocenters. The van der Waals surface area contributed by atoms with E-state index in [1.54, 1.807) is 24.5 Å². The van der Waals surface area contributed by atoms with Crippen LogP contribution in [-0.4, -0.2) is 64.1 Å². The summed E-state index contributed by atoms with van der Waals surface area (Å²) < 4.78 is 7.49. The van der Waals surface area contributed by atoms with Crippen molar-refractivity contribution in [3.8, 4) is 11.4 Å². The first-order valence-electron chi connectivity index (χ1n) is 13.4. The summed E-state index contributed by atoms with van der Waals surface area (Å²) >= 11 is 0. The number of rotatable bonds is 13. The summed E-state index contributed by atoms with van der Waals surface area (Å²) in [6, 6.07) is 13.2. The minimum Gasteiger partial charge on any atom is -0.490 e. The number of aryl methyl sites for hydroxylation is 1. The number of amides is 1. The van der Waals surface area contributed by atoms with E-state index in [-0.39, 0.29) is 36.5 Å². The minimum absolute atomic E-state index is 0.000575. The molecule has 2 aliphatic rings. The summed E-state index contributed by atoms with van der Waals surface area (Å²) in [5.41, 5.74) is 2.08. The highest BCUT2D eigenvalue weighted by Gasteiger charge is 2.47. The predicted molar refractivity (Wildman–Crippen MR) is 147 cm³/mol. The number of anilines is 1. The number of nitrogens with zero attached hydrogens (tertiary/aromatic N) is 2. The molecule has 5 N–H and O–H groups in total. The van der Waals surface area contributed by atoms with Crippen molar-refractivity contribution in [2.24, 2.45) is 0 Å². The molecule has 10 heteroatoms. The normalized spacial score (nSPS) is 16.4. The van der Waals surface area contributed by atoms with Crippen LogP contribution < -0.4 is 26.2 Å². The van der Waals surface area contributed by atoms with Crippen molar-refractivity contribution >= 4 is 11.7 Å². The van der Waals surface area contributed by atoms with Crippen molar-refractivity contribution in [1.82, 2.24) is 20.2 Å². The van der Waals surface area contributed by atoms with Crippen molar-refractivity contribution < 1.29 is 19.7 Å². The molecule has 2 fully saturated rings. The maximum absolute atomic E-state index is 13.6. The molecule has 1 amide bonds. The van der Waals surface area contributed by atoms with Gasteiger partial charge in [-0.2, -0.15) is 0 Å². The van der Waals surface area contributed by atoms with E-state index in [2.05, 4.69) is 20.9 Å². The third-order valence-corrected chi connectivity index (χ3v) is 7.09. The monoisotopic (exact) mass is 533 g/mol. The third kappa shape index (κ3) is 6.30. The highest BCUT2D eigenvalue weighted by atomic mass is 16.5. The van der Waals surface area contributed by atoms with Gasteiger partial charge in [-0.1, -0.05) is 24.3 Å². The Balaban J connectivity index is 1.36. The smallest absolute Gasteiger partial charge is 0.297 e. The number of nitrogens with one attached hydrogen (secondary N) is 3. The van der Waals surface area contributed by atoms with Crippen LogP contribution in [0.15, 0.2) is 59.7 Å². The first-order valence-corrected chi connectivity index (χ1v) is 13.4. The van der Waals surface area contributed by atoms with Gasteiger partial charge in [-0.25, -0.2) is 4.98 Å². The van der Waals surface area contributed by atoms with E-state index < -0.39 is 11.6 Å². The van der Waals surface area contributed by atoms with Crippen molar-refractivity contribution in [2.75, 3.05) is 31.6 Å². The molecule has 2 aromatic carbocycles. The number of aliphatic hydroxyl groups excluding tert-OH is 2. The van der Waals surface area contributed by atoms with Crippen LogP contribution in [0.2, 0.25) is 0 Å². The van der Waals surface area contributed by atoms with Gasteiger partial charge in [0, 0.05) is 42.7 Å². The summed E-state index contributed by atoms with van der Waals surface area (Å²) in [6.07, 6.45) is 6.04. The van der Waals surface area contributed by atoms with Gasteiger partial charge < -0.3 is 30.9 Å². The van der Waals surface area contributed by atoms with Crippen LogP contribution in [0.1, 0.15) is 47.2 Å². The van der Waals surface area contributed by atoms with E-state index >= 15 is 0 Å². The standard InChI is InChI=1S/C29H35N5O5/c1-19-6-7-20(27(37)32-21-8-9-21)16-24(19)34-14-12-31-26(28(34)38)33-29(10-11-29)23-4-2-3-5-25(23)39-18-22(36)17-30-13-15-35/h2-7,12,14,16,21-22,30,35-36H,8-11,13,15,17-18H2,1H3,(H,31,33)(H,32,37)/t22-/m0/s1. The first kappa shape index (κ1) is 26.9. The van der Waals surface area contributed by atoms with Gasteiger partial charge >= 0.3 is 0 Å². The maximum Gasteiger partial charge on any atom is 0.297 e. The fourth-order valence-electron chi connectivity index (χ4n) is 4.59. The van der Waals surface area contributed by atoms with E-state index in [4.69, 9.17) is 9.84 Å². The third-order valence-electron chi connectivity index (χ3n) is 7.09. The summed E-state index contributed by atoms with van der Waals surface area (Å²) in [5.74, 6) is 0.706. The van der Waals surface area contributed by atoms with Gasteiger partial charge in [0.25, 0.3) is 11.5 Å². The van der Waals surface area contributed by atoms with E-state index in [9.17, 15) is 14.7 Å². The molecule has 206 valence electrons. The second-order valence-corrected chi connectivity index (χ2v) is 10.3. The summed E-state index contributed by atoms with van der Waals surface area (Å²) in [5, 5.41) is 28.4. The van der Waals surface area contributed by atoms with Gasteiger partial charge in [-0.05, 0) is 56.4 Å². The van der Waals surface area contributed by atoms with Crippen molar-refractivity contribution in [3.05, 3.63) is 81.9 Å². The molecule has 0 radical (unpaired) electrons. The molecule has 0 bridgehead atoms. The van der Waals surface area contributed by atoms with Crippen LogP contribution in [0.5, 0.6) is 5.75 Å². The Kier molecular flexibility index (Phi) is 7.97. The molecule has 0 saturated heterocycles. The van der Waals surface area contributed by atoms with Crippen LogP contribution in [0.3, 0.4) is 0 Å². The fraction of sp³-hybridized carbons (Fsp3) is 0.414. The molecule has 3 aromatic rings. The molecular weight excluding hydrogens is 498 g/mol. The number of aliphatic hydroxyl groups is 2. The quantitative estimate of drug-likeness (QED) is 0.210. The predicted octanol–water partition coefficient (Wildman–Crippen LogP) is 1.86. The zero-order valence-corrected chi connectivity index (χ0v) is 22.0. The van der Waals surface area contributed by atoms with E-state index in [1.165, 1.54) is 4.57 Å². The minimum atomic E-state index is -0.735. The molecule has 0 spiro atoms. The van der Waals surface area contributed by atoms with E-state index in [1.807, 2.05) is 37.3 Å². The highest BCUT2D eigenvalue weighted by molar-refractivity contribution is 5.95. The van der Waals surface area contributed by atoms with Gasteiger partial charge in [-0.3, -0.25) is 14.2 Å². The van der Waals surface area contributed by atoms with Crippen molar-refractivity contribution in [3.63, 3.8) is 0 Å². The van der Waals surface area contributed by atoms with Crippen LogP contribution >= 0.6 is 0 Å². The lowest BCUT2D eigenvalue weighted by molar-refractivity contribution is 0.0951. The maximum atomic E-state index is 13.6. The first-order chi connectivity index (χ1) is 18.9. The van der Waals surface area contributed by atoms with Gasteiger partial charge in [0.15, 0.2) is 5.82 Å². The molecule has 2 saturated carbocycles. The molecule has 39 heavy (non-hydrogen) atoms. The summed E-state index contributed by atoms with van der Waals surface area (Å²) in [6.45, 7) is 2.70. The van der Waals surface area contributed by atoms with Gasteiger partial charge in [0.1, 0.15) is 18.5 Å². The Labute approximate surface area is 227 Å². The lowest BCUT2D eigenvalue weighted by Crippen LogP contribution is -2.33. The van der Waals surface area contributed by atoms with Crippen LogP contribution in [0.4, 0.5) is 5.82 Å². The Morgan fingerprint density at radius 1 is 1.23 bits per heavy atom. The van der Waals surface area contributed by atoms with Crippen LogP contribution in [-0.2, 0) is 5.54 Å². The molecule has 0 aliphatic heterocycles. The Hall–Kier alpha value is -3.73. The molecule has 1 heterocycles. The number of carbonyl (C=O) groups excluding carboxylic acids is 1. The molecule has 10 nitrogen and oxygen atoms in total. The average molecular weight is 534 g/mol. The Morgan fingerprint density at radius 2 is 2.03 bits per heavy atom. The summed E-state index contributed by atoms with van der Waals surface area (Å²) in [7, 11) is 0. The summed E-state index contributed by atoms with van der Waals surface area (Å²) in [4.78, 5) is 30.6. The number of benzene rings is 2. The van der Waals surface area contributed by atoms with Gasteiger partial charge in [-0.15, -0.1) is 0 Å². The number of ether oxygens (including phenoxy) is 1. The molecule has 1 atom stereocenters. The lowest BCUT2D eigenvalue weighted by atomic mass is 10.0.